The third-order valence-corrected chi connectivity index (χ3v) is 3.78. The molecular formula is C15H19F2N3O3. The summed E-state index contributed by atoms with van der Waals surface area (Å²) in [6.45, 7) is 1.34. The van der Waals surface area contributed by atoms with E-state index < -0.39 is 29.0 Å². The van der Waals surface area contributed by atoms with Gasteiger partial charge < -0.3 is 15.8 Å². The van der Waals surface area contributed by atoms with Gasteiger partial charge >= 0.3 is 0 Å². The van der Waals surface area contributed by atoms with Gasteiger partial charge in [-0.05, 0) is 12.8 Å². The van der Waals surface area contributed by atoms with Gasteiger partial charge in [-0.2, -0.15) is 0 Å². The zero-order valence-electron chi connectivity index (χ0n) is 12.8. The lowest BCUT2D eigenvalue weighted by Crippen LogP contribution is -2.47. The van der Waals surface area contributed by atoms with E-state index in [0.29, 0.717) is 25.9 Å². The molecule has 1 heterocycles. The lowest BCUT2D eigenvalue weighted by Gasteiger charge is -2.31. The van der Waals surface area contributed by atoms with E-state index in [4.69, 9.17) is 10.5 Å². The molecule has 1 aliphatic heterocycles. The van der Waals surface area contributed by atoms with Crippen molar-refractivity contribution in [1.29, 1.82) is 0 Å². The Labute approximate surface area is 132 Å². The van der Waals surface area contributed by atoms with Crippen molar-refractivity contribution in [3.63, 3.8) is 0 Å². The summed E-state index contributed by atoms with van der Waals surface area (Å²) < 4.78 is 32.5. The minimum Gasteiger partial charge on any atom is -0.497 e. The van der Waals surface area contributed by atoms with Gasteiger partial charge in [0.1, 0.15) is 22.9 Å². The Hall–Kier alpha value is -2.22. The number of nitrogens with two attached hydrogens (primary N) is 1. The first-order valence-electron chi connectivity index (χ1n) is 7.25. The van der Waals surface area contributed by atoms with Gasteiger partial charge in [-0.15, -0.1) is 0 Å². The monoisotopic (exact) mass is 327 g/mol. The number of ether oxygens (including phenoxy) is 1. The van der Waals surface area contributed by atoms with Crippen molar-refractivity contribution in [2.45, 2.75) is 18.9 Å². The molecule has 0 aromatic heterocycles. The molecule has 0 spiro atoms. The number of methoxy groups -OCH3 is 1. The molecule has 0 atom stereocenters. The zero-order valence-corrected chi connectivity index (χ0v) is 12.8. The second-order valence-corrected chi connectivity index (χ2v) is 5.46. The molecule has 8 heteroatoms. The van der Waals surface area contributed by atoms with Crippen molar-refractivity contribution in [3.8, 4) is 5.75 Å². The molecule has 1 saturated heterocycles. The Morgan fingerprint density at radius 2 is 1.87 bits per heavy atom. The Kier molecular flexibility index (Phi) is 5.49. The van der Waals surface area contributed by atoms with Crippen LogP contribution in [0.2, 0.25) is 0 Å². The fourth-order valence-electron chi connectivity index (χ4n) is 2.60. The maximum Gasteiger partial charge on any atom is 0.257 e. The Morgan fingerprint density at radius 3 is 2.35 bits per heavy atom. The number of benzene rings is 1. The molecule has 23 heavy (non-hydrogen) atoms. The molecule has 2 amide bonds. The van der Waals surface area contributed by atoms with E-state index in [1.807, 2.05) is 4.90 Å². The summed E-state index contributed by atoms with van der Waals surface area (Å²) in [6, 6.07) is 1.73. The maximum absolute atomic E-state index is 13.9. The molecule has 3 N–H and O–H groups in total. The van der Waals surface area contributed by atoms with Crippen LogP contribution in [0.1, 0.15) is 23.2 Å². The van der Waals surface area contributed by atoms with Gasteiger partial charge in [0.2, 0.25) is 5.91 Å². The normalized spacial score (nSPS) is 16.1. The number of carbonyl (C=O) groups is 2. The van der Waals surface area contributed by atoms with Crippen LogP contribution in [-0.4, -0.2) is 49.5 Å². The fourth-order valence-corrected chi connectivity index (χ4v) is 2.60. The van der Waals surface area contributed by atoms with Gasteiger partial charge in [-0.3, -0.25) is 14.5 Å². The number of nitrogens with zero attached hydrogens (tertiary/aromatic N) is 1. The molecule has 0 unspecified atom stereocenters. The van der Waals surface area contributed by atoms with Gasteiger partial charge in [0.05, 0.1) is 13.7 Å². The van der Waals surface area contributed by atoms with Gasteiger partial charge in [0.25, 0.3) is 5.91 Å². The summed E-state index contributed by atoms with van der Waals surface area (Å²) in [7, 11) is 1.29. The number of halogens is 2. The van der Waals surface area contributed by atoms with Crippen molar-refractivity contribution in [2.75, 3.05) is 26.7 Å². The van der Waals surface area contributed by atoms with Crippen molar-refractivity contribution in [2.24, 2.45) is 5.73 Å². The molecule has 1 fully saturated rings. The van der Waals surface area contributed by atoms with Gasteiger partial charge in [-0.25, -0.2) is 8.78 Å². The number of rotatable bonds is 5. The average Bonchev–Trinajstić information content (AvgIpc) is 2.47. The highest BCUT2D eigenvalue weighted by atomic mass is 19.1. The quantitative estimate of drug-likeness (QED) is 0.832. The highest BCUT2D eigenvalue weighted by Gasteiger charge is 2.25. The summed E-state index contributed by atoms with van der Waals surface area (Å²) in [6.07, 6.45) is 1.16. The first kappa shape index (κ1) is 17.1. The topological polar surface area (TPSA) is 84.7 Å². The van der Waals surface area contributed by atoms with Crippen LogP contribution in [0.4, 0.5) is 8.78 Å². The third kappa shape index (κ3) is 4.38. The van der Waals surface area contributed by atoms with E-state index in [2.05, 4.69) is 5.32 Å². The molecule has 1 aliphatic rings. The highest BCUT2D eigenvalue weighted by Crippen LogP contribution is 2.21. The van der Waals surface area contributed by atoms with E-state index >= 15 is 0 Å². The molecule has 0 saturated carbocycles. The number of likely N-dealkylation sites (tertiary alicyclic amines) is 1. The number of carbonyl (C=O) groups excluding carboxylic acids is 2. The molecular weight excluding hydrogens is 308 g/mol. The number of nitrogens with one attached hydrogen (secondary N) is 1. The summed E-state index contributed by atoms with van der Waals surface area (Å²) in [5.74, 6) is -3.13. The molecule has 126 valence electrons. The number of primary amides is 1. The third-order valence-electron chi connectivity index (χ3n) is 3.78. The van der Waals surface area contributed by atoms with Crippen molar-refractivity contribution in [1.82, 2.24) is 10.2 Å². The van der Waals surface area contributed by atoms with Crippen LogP contribution in [0.25, 0.3) is 0 Å². The lowest BCUT2D eigenvalue weighted by atomic mass is 10.0. The summed E-state index contributed by atoms with van der Waals surface area (Å²) in [4.78, 5) is 24.8. The average molecular weight is 327 g/mol. The van der Waals surface area contributed by atoms with E-state index in [1.54, 1.807) is 0 Å². The molecule has 0 radical (unpaired) electrons. The SMILES string of the molecule is COc1cc(F)c(C(=O)NC2CCN(CC(N)=O)CC2)c(F)c1. The van der Waals surface area contributed by atoms with E-state index in [9.17, 15) is 18.4 Å². The van der Waals surface area contributed by atoms with Crippen LogP contribution in [0.15, 0.2) is 12.1 Å². The Morgan fingerprint density at radius 1 is 1.30 bits per heavy atom. The standard InChI is InChI=1S/C15H19F2N3O3/c1-23-10-6-11(16)14(12(17)7-10)15(22)19-9-2-4-20(5-3-9)8-13(18)21/h6-7,9H,2-5,8H2,1H3,(H2,18,21)(H,19,22). The molecule has 2 rings (SSSR count). The zero-order chi connectivity index (χ0) is 17.0. The molecule has 6 nitrogen and oxygen atoms in total. The Bertz CT molecular complexity index is 579. The number of amides is 2. The number of hydrogen-bond donors (Lipinski definition) is 2. The van der Waals surface area contributed by atoms with E-state index in [0.717, 1.165) is 12.1 Å². The lowest BCUT2D eigenvalue weighted by molar-refractivity contribution is -0.119. The highest BCUT2D eigenvalue weighted by molar-refractivity contribution is 5.95. The second-order valence-electron chi connectivity index (χ2n) is 5.46. The van der Waals surface area contributed by atoms with Gasteiger partial charge in [0.15, 0.2) is 0 Å². The fraction of sp³-hybridized carbons (Fsp3) is 0.467. The van der Waals surface area contributed by atoms with Crippen LogP contribution in [0.5, 0.6) is 5.75 Å². The van der Waals surface area contributed by atoms with Crippen LogP contribution >= 0.6 is 0 Å². The van der Waals surface area contributed by atoms with Crippen LogP contribution < -0.4 is 15.8 Å². The van der Waals surface area contributed by atoms with Gasteiger partial charge in [-0.1, -0.05) is 0 Å². The van der Waals surface area contributed by atoms with Gasteiger partial charge in [0, 0.05) is 31.3 Å². The first-order chi connectivity index (χ1) is 10.9. The van der Waals surface area contributed by atoms with Crippen molar-refractivity contribution >= 4 is 11.8 Å². The van der Waals surface area contributed by atoms with E-state index in [-0.39, 0.29) is 18.3 Å². The second kappa shape index (κ2) is 7.36. The van der Waals surface area contributed by atoms with Crippen LogP contribution in [0, 0.1) is 11.6 Å². The van der Waals surface area contributed by atoms with Crippen LogP contribution in [-0.2, 0) is 4.79 Å². The maximum atomic E-state index is 13.9. The predicted octanol–water partition coefficient (Wildman–Crippen LogP) is 0.653. The summed E-state index contributed by atoms with van der Waals surface area (Å²) >= 11 is 0. The largest absolute Gasteiger partial charge is 0.497 e. The van der Waals surface area contributed by atoms with Crippen LogP contribution in [0.3, 0.4) is 0 Å². The van der Waals surface area contributed by atoms with Crippen molar-refractivity contribution < 1.29 is 23.1 Å². The minimum atomic E-state index is -0.967. The minimum absolute atomic E-state index is 0.0105. The summed E-state index contributed by atoms with van der Waals surface area (Å²) in [5, 5.41) is 2.63. The molecule has 1 aromatic rings. The Balaban J connectivity index is 1.97. The number of hydrogen-bond acceptors (Lipinski definition) is 4. The predicted molar refractivity (Wildman–Crippen MR) is 79.0 cm³/mol. The molecule has 1 aromatic carbocycles. The van der Waals surface area contributed by atoms with Crippen molar-refractivity contribution in [3.05, 3.63) is 29.3 Å². The van der Waals surface area contributed by atoms with E-state index in [1.165, 1.54) is 7.11 Å². The molecule has 0 aliphatic carbocycles. The summed E-state index contributed by atoms with van der Waals surface area (Å²) in [5.41, 5.74) is 4.51. The molecule has 0 bridgehead atoms. The first-order valence-corrected chi connectivity index (χ1v) is 7.25. The smallest absolute Gasteiger partial charge is 0.257 e. The number of piperidine rings is 1.